The predicted molar refractivity (Wildman–Crippen MR) is 66.0 cm³/mol. The van der Waals surface area contributed by atoms with Gasteiger partial charge in [0.1, 0.15) is 0 Å². The Labute approximate surface area is 103 Å². The van der Waals surface area contributed by atoms with Crippen molar-refractivity contribution >= 4 is 23.0 Å². The van der Waals surface area contributed by atoms with Gasteiger partial charge in [0.15, 0.2) is 11.2 Å². The fourth-order valence-corrected chi connectivity index (χ4v) is 1.23. The van der Waals surface area contributed by atoms with Crippen LogP contribution in [0.3, 0.4) is 0 Å². The summed E-state index contributed by atoms with van der Waals surface area (Å²) in [5.41, 5.74) is -0.662. The second-order valence-electron chi connectivity index (χ2n) is 4.85. The number of carbonyl (C=O) groups is 1. The van der Waals surface area contributed by atoms with Gasteiger partial charge in [0.2, 0.25) is 11.9 Å². The van der Waals surface area contributed by atoms with Gasteiger partial charge < -0.3 is 0 Å². The van der Waals surface area contributed by atoms with Gasteiger partial charge in [-0.25, -0.2) is 9.97 Å². The largest absolute Gasteiger partial charge is 0.296 e. The zero-order valence-corrected chi connectivity index (χ0v) is 10.3. The fraction of sp³-hybridized carbons (Fsp3) is 0.364. The number of rotatable bonds is 1. The third-order valence-electron chi connectivity index (χ3n) is 2.26. The van der Waals surface area contributed by atoms with Crippen molar-refractivity contribution in [1.82, 2.24) is 19.9 Å². The molecular formula is C11H13N5O2. The second kappa shape index (κ2) is 4.17. The van der Waals surface area contributed by atoms with Crippen molar-refractivity contribution in [3.8, 4) is 0 Å². The van der Waals surface area contributed by atoms with E-state index in [0.29, 0.717) is 0 Å². The quantitative estimate of drug-likeness (QED) is 0.772. The summed E-state index contributed by atoms with van der Waals surface area (Å²) >= 11 is 0. The number of H-pyrrole nitrogens is 1. The Bertz CT molecular complexity index is 656. The first-order chi connectivity index (χ1) is 8.38. The Morgan fingerprint density at radius 3 is 2.61 bits per heavy atom. The minimum atomic E-state index is -0.574. The van der Waals surface area contributed by atoms with Crippen LogP contribution in [0.5, 0.6) is 0 Å². The maximum atomic E-state index is 11.8. The van der Waals surface area contributed by atoms with Gasteiger partial charge in [0.05, 0.1) is 0 Å². The van der Waals surface area contributed by atoms with Crippen LogP contribution in [0.1, 0.15) is 20.8 Å². The van der Waals surface area contributed by atoms with E-state index in [1.807, 2.05) is 0 Å². The van der Waals surface area contributed by atoms with E-state index in [-0.39, 0.29) is 23.0 Å². The smallest absolute Gasteiger partial charge is 0.280 e. The number of aromatic nitrogens is 4. The van der Waals surface area contributed by atoms with Crippen molar-refractivity contribution in [2.75, 3.05) is 5.32 Å². The van der Waals surface area contributed by atoms with Crippen molar-refractivity contribution < 1.29 is 4.79 Å². The van der Waals surface area contributed by atoms with Crippen LogP contribution in [0.25, 0.3) is 11.2 Å². The lowest BCUT2D eigenvalue weighted by Gasteiger charge is -2.16. The highest BCUT2D eigenvalue weighted by Crippen LogP contribution is 2.15. The van der Waals surface area contributed by atoms with Crippen LogP contribution in [0.2, 0.25) is 0 Å². The number of amides is 1. The lowest BCUT2D eigenvalue weighted by Crippen LogP contribution is -2.29. The van der Waals surface area contributed by atoms with Gasteiger partial charge in [-0.2, -0.15) is 4.98 Å². The summed E-state index contributed by atoms with van der Waals surface area (Å²) in [7, 11) is 0. The number of anilines is 1. The van der Waals surface area contributed by atoms with Gasteiger partial charge in [0, 0.05) is 17.8 Å². The Balaban J connectivity index is 2.42. The highest BCUT2D eigenvalue weighted by atomic mass is 16.2. The van der Waals surface area contributed by atoms with Crippen molar-refractivity contribution in [1.29, 1.82) is 0 Å². The lowest BCUT2D eigenvalue weighted by atomic mass is 9.96. The number of hydrogen-bond acceptors (Lipinski definition) is 5. The molecule has 2 aromatic rings. The van der Waals surface area contributed by atoms with E-state index in [9.17, 15) is 9.59 Å². The van der Waals surface area contributed by atoms with Crippen molar-refractivity contribution in [2.24, 2.45) is 5.41 Å². The zero-order valence-electron chi connectivity index (χ0n) is 10.3. The molecule has 2 heterocycles. The molecule has 0 saturated heterocycles. The van der Waals surface area contributed by atoms with Crippen LogP contribution in [0.4, 0.5) is 5.95 Å². The molecule has 0 atom stereocenters. The molecule has 0 aliphatic heterocycles. The number of aromatic amines is 1. The lowest BCUT2D eigenvalue weighted by molar-refractivity contribution is -0.123. The number of hydrogen-bond donors (Lipinski definition) is 2. The standard InChI is InChI=1S/C11H13N5O2/c1-11(2,3)9(18)16-10-14-7-6(8(17)15-10)12-4-5-13-7/h4-5H,1-3H3,(H2,13,14,15,16,17,18). The van der Waals surface area contributed by atoms with Crippen LogP contribution < -0.4 is 10.9 Å². The van der Waals surface area contributed by atoms with E-state index < -0.39 is 11.0 Å². The molecule has 2 rings (SSSR count). The molecule has 7 nitrogen and oxygen atoms in total. The summed E-state index contributed by atoms with van der Waals surface area (Å²) in [6.45, 7) is 5.30. The molecular weight excluding hydrogens is 234 g/mol. The van der Waals surface area contributed by atoms with Crippen LogP contribution in [0.15, 0.2) is 17.2 Å². The number of fused-ring (bicyclic) bond motifs is 1. The Morgan fingerprint density at radius 2 is 1.94 bits per heavy atom. The van der Waals surface area contributed by atoms with Gasteiger partial charge in [-0.05, 0) is 0 Å². The molecule has 0 radical (unpaired) electrons. The topological polar surface area (TPSA) is 101 Å². The SMILES string of the molecule is CC(C)(C)C(=O)Nc1nc2nccnc2c(=O)[nH]1. The molecule has 0 spiro atoms. The van der Waals surface area contributed by atoms with E-state index in [1.54, 1.807) is 20.8 Å². The van der Waals surface area contributed by atoms with Crippen LogP contribution in [0, 0.1) is 5.41 Å². The third kappa shape index (κ3) is 2.34. The Kier molecular flexibility index (Phi) is 2.82. The Morgan fingerprint density at radius 1 is 1.28 bits per heavy atom. The summed E-state index contributed by atoms with van der Waals surface area (Å²) in [6.07, 6.45) is 2.84. The number of nitrogens with zero attached hydrogens (tertiary/aromatic N) is 3. The van der Waals surface area contributed by atoms with Gasteiger partial charge >= 0.3 is 0 Å². The van der Waals surface area contributed by atoms with E-state index in [2.05, 4.69) is 25.3 Å². The average molecular weight is 247 g/mol. The summed E-state index contributed by atoms with van der Waals surface area (Å²) in [5.74, 6) is -0.165. The summed E-state index contributed by atoms with van der Waals surface area (Å²) in [4.78, 5) is 37.7. The molecule has 0 aliphatic carbocycles. The molecule has 0 aromatic carbocycles. The monoisotopic (exact) mass is 247 g/mol. The van der Waals surface area contributed by atoms with Crippen LogP contribution in [-0.2, 0) is 4.79 Å². The first-order valence-electron chi connectivity index (χ1n) is 5.40. The van der Waals surface area contributed by atoms with Gasteiger partial charge in [-0.1, -0.05) is 20.8 Å². The highest BCUT2D eigenvalue weighted by Gasteiger charge is 2.22. The van der Waals surface area contributed by atoms with Crippen LogP contribution in [-0.4, -0.2) is 25.8 Å². The van der Waals surface area contributed by atoms with Crippen molar-refractivity contribution in [2.45, 2.75) is 20.8 Å². The molecule has 7 heteroatoms. The normalized spacial score (nSPS) is 11.5. The van der Waals surface area contributed by atoms with Gasteiger partial charge in [-0.3, -0.25) is 19.9 Å². The first-order valence-corrected chi connectivity index (χ1v) is 5.40. The van der Waals surface area contributed by atoms with E-state index in [1.165, 1.54) is 12.4 Å². The average Bonchev–Trinajstić information content (AvgIpc) is 2.27. The minimum absolute atomic E-state index is 0.0768. The Hall–Kier alpha value is -2.31. The zero-order chi connectivity index (χ0) is 13.3. The molecule has 18 heavy (non-hydrogen) atoms. The predicted octanol–water partition coefficient (Wildman–Crippen LogP) is 0.698. The van der Waals surface area contributed by atoms with Gasteiger partial charge in [-0.15, -0.1) is 0 Å². The molecule has 0 fully saturated rings. The fourth-order valence-electron chi connectivity index (χ4n) is 1.23. The maximum absolute atomic E-state index is 11.8. The summed E-state index contributed by atoms with van der Waals surface area (Å²) < 4.78 is 0. The third-order valence-corrected chi connectivity index (χ3v) is 2.26. The van der Waals surface area contributed by atoms with E-state index in [0.717, 1.165) is 0 Å². The van der Waals surface area contributed by atoms with Crippen LogP contribution >= 0.6 is 0 Å². The molecule has 1 amide bonds. The summed E-state index contributed by atoms with van der Waals surface area (Å²) in [5, 5.41) is 2.54. The minimum Gasteiger partial charge on any atom is -0.296 e. The molecule has 0 saturated carbocycles. The van der Waals surface area contributed by atoms with E-state index in [4.69, 9.17) is 0 Å². The van der Waals surface area contributed by atoms with Crippen molar-refractivity contribution in [3.05, 3.63) is 22.7 Å². The number of nitrogens with one attached hydrogen (secondary N) is 2. The first kappa shape index (κ1) is 12.2. The molecule has 0 aliphatic rings. The molecule has 94 valence electrons. The van der Waals surface area contributed by atoms with Crippen molar-refractivity contribution in [3.63, 3.8) is 0 Å². The van der Waals surface area contributed by atoms with E-state index >= 15 is 0 Å². The maximum Gasteiger partial charge on any atom is 0.280 e. The van der Waals surface area contributed by atoms with Gasteiger partial charge in [0.25, 0.3) is 5.56 Å². The highest BCUT2D eigenvalue weighted by molar-refractivity contribution is 5.93. The summed E-state index contributed by atoms with van der Waals surface area (Å²) in [6, 6.07) is 0. The molecule has 0 unspecified atom stereocenters. The molecule has 0 bridgehead atoms. The molecule has 2 N–H and O–H groups in total. The second-order valence-corrected chi connectivity index (χ2v) is 4.85. The number of carbonyl (C=O) groups excluding carboxylic acids is 1. The molecule has 2 aromatic heterocycles.